The van der Waals surface area contributed by atoms with Gasteiger partial charge in [0.2, 0.25) is 0 Å². The van der Waals surface area contributed by atoms with Gasteiger partial charge < -0.3 is 5.32 Å². The summed E-state index contributed by atoms with van der Waals surface area (Å²) in [7, 11) is 0. The molecule has 0 spiro atoms. The number of rotatable bonds is 3. The van der Waals surface area contributed by atoms with E-state index in [9.17, 15) is 0 Å². The molecule has 0 fully saturated rings. The van der Waals surface area contributed by atoms with E-state index in [2.05, 4.69) is 37.4 Å². The minimum Gasteiger partial charge on any atom is -0.313 e. The van der Waals surface area contributed by atoms with Gasteiger partial charge in [-0.25, -0.2) is 0 Å². The highest BCUT2D eigenvalue weighted by molar-refractivity contribution is 5.36. The molecule has 1 aliphatic rings. The van der Waals surface area contributed by atoms with Crippen LogP contribution in [0.3, 0.4) is 0 Å². The highest BCUT2D eigenvalue weighted by Crippen LogP contribution is 2.23. The molecule has 0 radical (unpaired) electrons. The first-order chi connectivity index (χ1) is 7.79. The van der Waals surface area contributed by atoms with Crippen molar-refractivity contribution in [2.75, 3.05) is 6.54 Å². The molecular formula is C15H25N. The summed E-state index contributed by atoms with van der Waals surface area (Å²) in [6.45, 7) is 9.55. The number of nitrogens with one attached hydrogen (secondary N) is 1. The van der Waals surface area contributed by atoms with Crippen LogP contribution in [0.15, 0.2) is 18.2 Å². The maximum atomic E-state index is 3.60. The molecule has 0 aliphatic heterocycles. The minimum atomic E-state index is 0.687. The van der Waals surface area contributed by atoms with Crippen LogP contribution in [0.2, 0.25) is 0 Å². The average Bonchev–Trinajstić information content (AvgIpc) is 2.71. The van der Waals surface area contributed by atoms with Gasteiger partial charge in [-0.1, -0.05) is 44.5 Å². The lowest BCUT2D eigenvalue weighted by atomic mass is 10.1. The Bertz CT molecular complexity index is 317. The van der Waals surface area contributed by atoms with Crippen molar-refractivity contribution in [2.24, 2.45) is 0 Å². The minimum absolute atomic E-state index is 0.687. The molecule has 1 heteroatoms. The molecule has 2 rings (SSSR count). The maximum Gasteiger partial charge on any atom is 0.0148 e. The van der Waals surface area contributed by atoms with Gasteiger partial charge in [0.05, 0.1) is 0 Å². The van der Waals surface area contributed by atoms with Gasteiger partial charge in [-0.15, -0.1) is 0 Å². The van der Waals surface area contributed by atoms with Crippen molar-refractivity contribution < 1.29 is 0 Å². The first-order valence-corrected chi connectivity index (χ1v) is 6.61. The fraction of sp³-hybridized carbons (Fsp3) is 0.600. The summed E-state index contributed by atoms with van der Waals surface area (Å²) in [6.07, 6.45) is 3.67. The van der Waals surface area contributed by atoms with E-state index in [1.807, 2.05) is 13.8 Å². The summed E-state index contributed by atoms with van der Waals surface area (Å²) in [5.74, 6) is 0. The number of fused-ring (bicyclic) bond motifs is 1. The van der Waals surface area contributed by atoms with Crippen molar-refractivity contribution in [1.82, 2.24) is 5.32 Å². The standard InChI is InChI=1S/C13H19N.C2H6/c1-3-6-14-13-8-11-5-4-10(2)7-12(11)9-13;1-2/h4-5,7,13-14H,3,6,8-9H2,1-2H3;1-2H3. The Balaban J connectivity index is 0.000000606. The lowest BCUT2D eigenvalue weighted by Gasteiger charge is -2.09. The first-order valence-electron chi connectivity index (χ1n) is 6.61. The fourth-order valence-corrected chi connectivity index (χ4v) is 2.24. The largest absolute Gasteiger partial charge is 0.313 e. The summed E-state index contributed by atoms with van der Waals surface area (Å²) in [4.78, 5) is 0. The lowest BCUT2D eigenvalue weighted by Crippen LogP contribution is -2.29. The number of benzene rings is 1. The first kappa shape index (κ1) is 13.2. The van der Waals surface area contributed by atoms with Crippen molar-refractivity contribution in [3.8, 4) is 0 Å². The Kier molecular flexibility index (Phi) is 5.54. The molecule has 1 atom stereocenters. The van der Waals surface area contributed by atoms with Crippen molar-refractivity contribution in [1.29, 1.82) is 0 Å². The molecule has 0 saturated heterocycles. The van der Waals surface area contributed by atoms with Gasteiger partial charge >= 0.3 is 0 Å². The Hall–Kier alpha value is -0.820. The second kappa shape index (κ2) is 6.70. The average molecular weight is 219 g/mol. The van der Waals surface area contributed by atoms with E-state index < -0.39 is 0 Å². The van der Waals surface area contributed by atoms with Crippen LogP contribution in [-0.2, 0) is 12.8 Å². The van der Waals surface area contributed by atoms with E-state index in [-0.39, 0.29) is 0 Å². The summed E-state index contributed by atoms with van der Waals surface area (Å²) in [5, 5.41) is 3.60. The molecule has 0 saturated carbocycles. The summed E-state index contributed by atoms with van der Waals surface area (Å²) >= 11 is 0. The molecular weight excluding hydrogens is 194 g/mol. The normalized spacial score (nSPS) is 17.6. The van der Waals surface area contributed by atoms with Crippen LogP contribution < -0.4 is 5.32 Å². The van der Waals surface area contributed by atoms with E-state index in [0.29, 0.717) is 6.04 Å². The van der Waals surface area contributed by atoms with Crippen LogP contribution in [0.4, 0.5) is 0 Å². The van der Waals surface area contributed by atoms with E-state index in [1.165, 1.54) is 24.8 Å². The molecule has 0 heterocycles. The molecule has 1 nitrogen and oxygen atoms in total. The van der Waals surface area contributed by atoms with Gasteiger partial charge in [-0.2, -0.15) is 0 Å². The van der Waals surface area contributed by atoms with E-state index in [4.69, 9.17) is 0 Å². The Morgan fingerprint density at radius 2 is 1.88 bits per heavy atom. The monoisotopic (exact) mass is 219 g/mol. The van der Waals surface area contributed by atoms with Gasteiger partial charge in [-0.3, -0.25) is 0 Å². The lowest BCUT2D eigenvalue weighted by molar-refractivity contribution is 0.531. The zero-order valence-electron chi connectivity index (χ0n) is 11.1. The maximum absolute atomic E-state index is 3.60. The number of hydrogen-bond acceptors (Lipinski definition) is 1. The molecule has 1 N–H and O–H groups in total. The quantitative estimate of drug-likeness (QED) is 0.820. The third kappa shape index (κ3) is 3.34. The fourth-order valence-electron chi connectivity index (χ4n) is 2.24. The van der Waals surface area contributed by atoms with Gasteiger partial charge in [0.1, 0.15) is 0 Å². The second-order valence-corrected chi connectivity index (χ2v) is 4.33. The highest BCUT2D eigenvalue weighted by Gasteiger charge is 2.19. The molecule has 90 valence electrons. The molecule has 0 amide bonds. The smallest absolute Gasteiger partial charge is 0.0148 e. The van der Waals surface area contributed by atoms with Crippen LogP contribution >= 0.6 is 0 Å². The van der Waals surface area contributed by atoms with Crippen molar-refractivity contribution >= 4 is 0 Å². The second-order valence-electron chi connectivity index (χ2n) is 4.33. The van der Waals surface area contributed by atoms with Gasteiger partial charge in [0, 0.05) is 6.04 Å². The summed E-state index contributed by atoms with van der Waals surface area (Å²) in [6, 6.07) is 7.54. The SMILES string of the molecule is CC.CCCNC1Cc2ccc(C)cc2C1. The predicted molar refractivity (Wildman–Crippen MR) is 72.0 cm³/mol. The van der Waals surface area contributed by atoms with E-state index in [1.54, 1.807) is 11.1 Å². The van der Waals surface area contributed by atoms with Gasteiger partial charge in [-0.05, 0) is 43.9 Å². The molecule has 1 aliphatic carbocycles. The molecule has 1 aromatic carbocycles. The van der Waals surface area contributed by atoms with Gasteiger partial charge in [0.25, 0.3) is 0 Å². The third-order valence-electron chi connectivity index (χ3n) is 2.98. The van der Waals surface area contributed by atoms with E-state index >= 15 is 0 Å². The van der Waals surface area contributed by atoms with Gasteiger partial charge in [0.15, 0.2) is 0 Å². The predicted octanol–water partition coefficient (Wildman–Crippen LogP) is 3.49. The van der Waals surface area contributed by atoms with Crippen molar-refractivity contribution in [3.63, 3.8) is 0 Å². The molecule has 0 aromatic heterocycles. The van der Waals surface area contributed by atoms with Crippen molar-refractivity contribution in [3.05, 3.63) is 34.9 Å². The van der Waals surface area contributed by atoms with Crippen LogP contribution in [0, 0.1) is 6.92 Å². The zero-order chi connectivity index (χ0) is 12.0. The summed E-state index contributed by atoms with van der Waals surface area (Å²) in [5.41, 5.74) is 4.49. The number of aryl methyl sites for hydroxylation is 1. The Morgan fingerprint density at radius 3 is 2.56 bits per heavy atom. The van der Waals surface area contributed by atoms with E-state index in [0.717, 1.165) is 6.54 Å². The van der Waals surface area contributed by atoms with Crippen LogP contribution in [0.5, 0.6) is 0 Å². The molecule has 1 unspecified atom stereocenters. The molecule has 0 bridgehead atoms. The topological polar surface area (TPSA) is 12.0 Å². The molecule has 1 aromatic rings. The van der Waals surface area contributed by atoms with Crippen LogP contribution in [0.25, 0.3) is 0 Å². The Morgan fingerprint density at radius 1 is 1.19 bits per heavy atom. The van der Waals surface area contributed by atoms with Crippen LogP contribution in [0.1, 0.15) is 43.9 Å². The molecule has 16 heavy (non-hydrogen) atoms. The zero-order valence-corrected chi connectivity index (χ0v) is 11.1. The number of hydrogen-bond donors (Lipinski definition) is 1. The summed E-state index contributed by atoms with van der Waals surface area (Å²) < 4.78 is 0. The third-order valence-corrected chi connectivity index (χ3v) is 2.98. The van der Waals surface area contributed by atoms with Crippen LogP contribution in [-0.4, -0.2) is 12.6 Å². The van der Waals surface area contributed by atoms with Crippen molar-refractivity contribution in [2.45, 2.75) is 53.0 Å². The Labute approximate surface area is 100 Å². The highest BCUT2D eigenvalue weighted by atomic mass is 14.9.